The predicted molar refractivity (Wildman–Crippen MR) is 78.8 cm³/mol. The molecular weight excluding hydrogens is 295 g/mol. The fraction of sp³-hybridized carbons (Fsp3) is 0.0714. The quantitative estimate of drug-likeness (QED) is 0.741. The molecule has 3 rings (SSSR count). The molecule has 4 nitrogen and oxygen atoms in total. The molecule has 0 unspecified atom stereocenters. The predicted octanol–water partition coefficient (Wildman–Crippen LogP) is 3.70. The lowest BCUT2D eigenvalue weighted by atomic mass is 10.00. The van der Waals surface area contributed by atoms with Crippen LogP contribution in [0.25, 0.3) is 11.1 Å². The molecule has 0 saturated heterocycles. The van der Waals surface area contributed by atoms with Crippen LogP contribution in [0.3, 0.4) is 0 Å². The van der Waals surface area contributed by atoms with E-state index in [4.69, 9.17) is 23.2 Å². The second-order valence-electron chi connectivity index (χ2n) is 4.24. The Hall–Kier alpha value is -1.91. The Morgan fingerprint density at radius 1 is 1.00 bits per heavy atom. The summed E-state index contributed by atoms with van der Waals surface area (Å²) in [6.45, 7) is 0.470. The molecule has 0 saturated carbocycles. The van der Waals surface area contributed by atoms with Crippen LogP contribution < -0.4 is 0 Å². The van der Waals surface area contributed by atoms with Crippen LogP contribution in [0.2, 0.25) is 10.0 Å². The summed E-state index contributed by atoms with van der Waals surface area (Å²) in [7, 11) is 0. The van der Waals surface area contributed by atoms with Gasteiger partial charge < -0.3 is 0 Å². The third kappa shape index (κ3) is 2.66. The third-order valence-electron chi connectivity index (χ3n) is 2.97. The van der Waals surface area contributed by atoms with Crippen LogP contribution in [0.15, 0.2) is 48.8 Å². The minimum atomic E-state index is 0.470. The number of benzene rings is 2. The molecular formula is C14H10Cl2N4. The van der Waals surface area contributed by atoms with E-state index >= 15 is 0 Å². The summed E-state index contributed by atoms with van der Waals surface area (Å²) < 4.78 is 0. The van der Waals surface area contributed by atoms with Gasteiger partial charge in [0.05, 0.1) is 6.54 Å². The Bertz CT molecular complexity index is 709. The van der Waals surface area contributed by atoms with Crippen molar-refractivity contribution in [2.75, 3.05) is 0 Å². The van der Waals surface area contributed by atoms with Crippen LogP contribution in [0.4, 0.5) is 0 Å². The van der Waals surface area contributed by atoms with Crippen LogP contribution in [0, 0.1) is 0 Å². The van der Waals surface area contributed by atoms with Gasteiger partial charge >= 0.3 is 0 Å². The van der Waals surface area contributed by atoms with Gasteiger partial charge in [-0.3, -0.25) is 0 Å². The summed E-state index contributed by atoms with van der Waals surface area (Å²) in [4.78, 5) is 1.50. The molecule has 2 aromatic carbocycles. The zero-order valence-electron chi connectivity index (χ0n) is 10.4. The van der Waals surface area contributed by atoms with Crippen LogP contribution in [-0.4, -0.2) is 20.2 Å². The van der Waals surface area contributed by atoms with Gasteiger partial charge in [0.15, 0.2) is 6.33 Å². The first kappa shape index (κ1) is 13.1. The highest BCUT2D eigenvalue weighted by Gasteiger charge is 2.10. The molecule has 0 amide bonds. The molecule has 0 bridgehead atoms. The van der Waals surface area contributed by atoms with Crippen molar-refractivity contribution < 1.29 is 0 Å². The molecule has 0 fully saturated rings. The summed E-state index contributed by atoms with van der Waals surface area (Å²) >= 11 is 12.2. The maximum atomic E-state index is 6.31. The zero-order valence-corrected chi connectivity index (χ0v) is 11.9. The Morgan fingerprint density at radius 3 is 2.50 bits per heavy atom. The average Bonchev–Trinajstić information content (AvgIpc) is 2.95. The van der Waals surface area contributed by atoms with Gasteiger partial charge in [0.25, 0.3) is 0 Å². The minimum Gasteiger partial charge on any atom is -0.160 e. The largest absolute Gasteiger partial charge is 0.162 e. The number of hydrogen-bond donors (Lipinski definition) is 0. The summed E-state index contributed by atoms with van der Waals surface area (Å²) in [6.07, 6.45) is 1.40. The van der Waals surface area contributed by atoms with E-state index in [1.165, 1.54) is 11.1 Å². The standard InChI is InChI=1S/C14H10Cl2N4/c15-11-6-4-10(5-7-11)12-2-1-3-14(16)13(12)8-20-18-9-17-19-20/h1-7,9H,8H2. The van der Waals surface area contributed by atoms with Gasteiger partial charge in [0, 0.05) is 15.6 Å². The monoisotopic (exact) mass is 304 g/mol. The van der Waals surface area contributed by atoms with Gasteiger partial charge in [-0.25, -0.2) is 0 Å². The molecule has 0 N–H and O–H groups in total. The lowest BCUT2D eigenvalue weighted by molar-refractivity contribution is 0.573. The van der Waals surface area contributed by atoms with Gasteiger partial charge in [-0.2, -0.15) is 4.80 Å². The van der Waals surface area contributed by atoms with Gasteiger partial charge in [0.2, 0.25) is 0 Å². The van der Waals surface area contributed by atoms with Crippen LogP contribution in [0.5, 0.6) is 0 Å². The maximum Gasteiger partial charge on any atom is 0.162 e. The van der Waals surface area contributed by atoms with E-state index in [1.807, 2.05) is 42.5 Å². The van der Waals surface area contributed by atoms with Gasteiger partial charge in [0.1, 0.15) is 0 Å². The van der Waals surface area contributed by atoms with Crippen molar-refractivity contribution in [2.45, 2.75) is 6.54 Å². The fourth-order valence-electron chi connectivity index (χ4n) is 2.02. The van der Waals surface area contributed by atoms with E-state index in [9.17, 15) is 0 Å². The topological polar surface area (TPSA) is 43.6 Å². The summed E-state index contributed by atoms with van der Waals surface area (Å²) in [5, 5.41) is 13.0. The second-order valence-corrected chi connectivity index (χ2v) is 5.08. The molecule has 0 aliphatic rings. The van der Waals surface area contributed by atoms with Crippen molar-refractivity contribution in [3.8, 4) is 11.1 Å². The Labute approximate surface area is 126 Å². The van der Waals surface area contributed by atoms with Crippen molar-refractivity contribution in [2.24, 2.45) is 0 Å². The van der Waals surface area contributed by atoms with Crippen molar-refractivity contribution >= 4 is 23.2 Å². The third-order valence-corrected chi connectivity index (χ3v) is 3.57. The van der Waals surface area contributed by atoms with E-state index < -0.39 is 0 Å². The van der Waals surface area contributed by atoms with Crippen molar-refractivity contribution in [1.82, 2.24) is 20.2 Å². The van der Waals surface area contributed by atoms with Crippen molar-refractivity contribution in [1.29, 1.82) is 0 Å². The van der Waals surface area contributed by atoms with Crippen LogP contribution in [0.1, 0.15) is 5.56 Å². The molecule has 0 atom stereocenters. The van der Waals surface area contributed by atoms with Gasteiger partial charge in [-0.05, 0) is 34.5 Å². The van der Waals surface area contributed by atoms with E-state index in [1.54, 1.807) is 0 Å². The normalized spacial score (nSPS) is 10.7. The van der Waals surface area contributed by atoms with E-state index in [2.05, 4.69) is 15.4 Å². The number of tetrazole rings is 1. The van der Waals surface area contributed by atoms with Gasteiger partial charge in [-0.15, -0.1) is 10.2 Å². The SMILES string of the molecule is Clc1ccc(-c2cccc(Cl)c2Cn2ncnn2)cc1. The first-order valence-corrected chi connectivity index (χ1v) is 6.74. The van der Waals surface area contributed by atoms with E-state index in [0.717, 1.165) is 16.7 Å². The molecule has 100 valence electrons. The lowest BCUT2D eigenvalue weighted by Crippen LogP contribution is -2.06. The minimum absolute atomic E-state index is 0.470. The second kappa shape index (κ2) is 5.61. The maximum absolute atomic E-state index is 6.31. The van der Waals surface area contributed by atoms with Crippen LogP contribution >= 0.6 is 23.2 Å². The molecule has 0 aliphatic heterocycles. The highest BCUT2D eigenvalue weighted by Crippen LogP contribution is 2.30. The molecule has 1 aromatic heterocycles. The number of halogens is 2. The van der Waals surface area contributed by atoms with Crippen molar-refractivity contribution in [3.05, 3.63) is 64.4 Å². The fourth-order valence-corrected chi connectivity index (χ4v) is 2.38. The molecule has 0 radical (unpaired) electrons. The molecule has 6 heteroatoms. The number of rotatable bonds is 3. The Kier molecular flexibility index (Phi) is 3.67. The first-order valence-electron chi connectivity index (χ1n) is 5.98. The zero-order chi connectivity index (χ0) is 13.9. The Balaban J connectivity index is 2.06. The van der Waals surface area contributed by atoms with Crippen molar-refractivity contribution in [3.63, 3.8) is 0 Å². The Morgan fingerprint density at radius 2 is 1.80 bits per heavy atom. The molecule has 3 aromatic rings. The molecule has 0 spiro atoms. The number of nitrogens with zero attached hydrogens (tertiary/aromatic N) is 4. The summed E-state index contributed by atoms with van der Waals surface area (Å²) in [5.74, 6) is 0. The van der Waals surface area contributed by atoms with Crippen LogP contribution in [-0.2, 0) is 6.54 Å². The highest BCUT2D eigenvalue weighted by atomic mass is 35.5. The molecule has 20 heavy (non-hydrogen) atoms. The summed E-state index contributed by atoms with van der Waals surface area (Å²) in [5.41, 5.74) is 3.04. The average molecular weight is 305 g/mol. The number of hydrogen-bond acceptors (Lipinski definition) is 3. The summed E-state index contributed by atoms with van der Waals surface area (Å²) in [6, 6.07) is 13.4. The first-order chi connectivity index (χ1) is 9.74. The van der Waals surface area contributed by atoms with E-state index in [0.29, 0.717) is 16.6 Å². The molecule has 0 aliphatic carbocycles. The molecule has 1 heterocycles. The van der Waals surface area contributed by atoms with E-state index in [-0.39, 0.29) is 0 Å². The number of aromatic nitrogens is 4. The van der Waals surface area contributed by atoms with Gasteiger partial charge in [-0.1, -0.05) is 47.5 Å². The highest BCUT2D eigenvalue weighted by molar-refractivity contribution is 6.32. The lowest BCUT2D eigenvalue weighted by Gasteiger charge is -2.11. The smallest absolute Gasteiger partial charge is 0.160 e.